The van der Waals surface area contributed by atoms with Gasteiger partial charge in [0.1, 0.15) is 0 Å². The molecule has 2 unspecified atom stereocenters. The van der Waals surface area contributed by atoms with Gasteiger partial charge >= 0.3 is 0 Å². The fourth-order valence-electron chi connectivity index (χ4n) is 2.69. The molecule has 1 aliphatic heterocycles. The largest absolute Gasteiger partial charge is 0.316 e. The third-order valence-electron chi connectivity index (χ3n) is 3.02. The van der Waals surface area contributed by atoms with Crippen molar-refractivity contribution in [3.63, 3.8) is 0 Å². The molecule has 1 aliphatic rings. The lowest BCUT2D eigenvalue weighted by Crippen LogP contribution is -2.43. The fraction of sp³-hybridized carbons (Fsp3) is 1.00. The van der Waals surface area contributed by atoms with Gasteiger partial charge in [-0.3, -0.25) is 0 Å². The standard InChI is InChI=1S/C10H21N/c1-7(2)10-8(3)5-11-6-9(10)4/h7-11H,5-6H2,1-4H3. The van der Waals surface area contributed by atoms with E-state index in [-0.39, 0.29) is 0 Å². The molecule has 66 valence electrons. The topological polar surface area (TPSA) is 12.0 Å². The van der Waals surface area contributed by atoms with Crippen LogP contribution in [0, 0.1) is 23.7 Å². The minimum Gasteiger partial charge on any atom is -0.316 e. The SMILES string of the molecule is CC(C)C1C(C)CNCC1C. The summed E-state index contributed by atoms with van der Waals surface area (Å²) >= 11 is 0. The second kappa shape index (κ2) is 3.57. The highest BCUT2D eigenvalue weighted by atomic mass is 14.9. The van der Waals surface area contributed by atoms with Gasteiger partial charge < -0.3 is 5.32 Å². The van der Waals surface area contributed by atoms with Crippen LogP contribution >= 0.6 is 0 Å². The van der Waals surface area contributed by atoms with Crippen LogP contribution in [0.1, 0.15) is 27.7 Å². The van der Waals surface area contributed by atoms with Crippen LogP contribution in [0.5, 0.6) is 0 Å². The number of hydrogen-bond donors (Lipinski definition) is 1. The van der Waals surface area contributed by atoms with Crippen molar-refractivity contribution in [3.05, 3.63) is 0 Å². The van der Waals surface area contributed by atoms with Crippen molar-refractivity contribution in [1.29, 1.82) is 0 Å². The first-order valence-electron chi connectivity index (χ1n) is 4.83. The molecule has 0 amide bonds. The van der Waals surface area contributed by atoms with E-state index in [9.17, 15) is 0 Å². The molecule has 1 heterocycles. The maximum Gasteiger partial charge on any atom is -0.00202 e. The van der Waals surface area contributed by atoms with Crippen molar-refractivity contribution >= 4 is 0 Å². The summed E-state index contributed by atoms with van der Waals surface area (Å²) in [6, 6.07) is 0. The number of nitrogens with one attached hydrogen (secondary N) is 1. The lowest BCUT2D eigenvalue weighted by molar-refractivity contribution is 0.144. The predicted molar refractivity (Wildman–Crippen MR) is 49.5 cm³/mol. The summed E-state index contributed by atoms with van der Waals surface area (Å²) < 4.78 is 0. The Morgan fingerprint density at radius 2 is 1.55 bits per heavy atom. The summed E-state index contributed by atoms with van der Waals surface area (Å²) in [6.07, 6.45) is 0. The highest BCUT2D eigenvalue weighted by Gasteiger charge is 2.29. The first-order chi connectivity index (χ1) is 5.13. The van der Waals surface area contributed by atoms with E-state index in [0.29, 0.717) is 0 Å². The first-order valence-corrected chi connectivity index (χ1v) is 4.83. The molecule has 0 bridgehead atoms. The zero-order valence-corrected chi connectivity index (χ0v) is 8.22. The maximum atomic E-state index is 3.47. The van der Waals surface area contributed by atoms with Crippen molar-refractivity contribution in [2.24, 2.45) is 23.7 Å². The Labute approximate surface area is 70.6 Å². The van der Waals surface area contributed by atoms with Crippen LogP contribution in [0.4, 0.5) is 0 Å². The lowest BCUT2D eigenvalue weighted by atomic mass is 9.74. The molecule has 0 aromatic rings. The molecular weight excluding hydrogens is 134 g/mol. The highest BCUT2D eigenvalue weighted by molar-refractivity contribution is 4.81. The zero-order chi connectivity index (χ0) is 8.43. The number of piperidine rings is 1. The number of hydrogen-bond acceptors (Lipinski definition) is 1. The van der Waals surface area contributed by atoms with Gasteiger partial charge in [0, 0.05) is 0 Å². The molecule has 0 spiro atoms. The summed E-state index contributed by atoms with van der Waals surface area (Å²) in [4.78, 5) is 0. The van der Waals surface area contributed by atoms with E-state index in [1.807, 2.05) is 0 Å². The monoisotopic (exact) mass is 155 g/mol. The van der Waals surface area contributed by atoms with E-state index in [1.54, 1.807) is 0 Å². The lowest BCUT2D eigenvalue weighted by Gasteiger charge is -2.37. The summed E-state index contributed by atoms with van der Waals surface area (Å²) in [7, 11) is 0. The van der Waals surface area contributed by atoms with Gasteiger partial charge in [0.15, 0.2) is 0 Å². The molecule has 11 heavy (non-hydrogen) atoms. The van der Waals surface area contributed by atoms with Crippen LogP contribution in [-0.2, 0) is 0 Å². The van der Waals surface area contributed by atoms with Crippen LogP contribution in [0.15, 0.2) is 0 Å². The van der Waals surface area contributed by atoms with E-state index in [2.05, 4.69) is 33.0 Å². The normalized spacial score (nSPS) is 39.5. The summed E-state index contributed by atoms with van der Waals surface area (Å²) in [5.74, 6) is 3.50. The fourth-order valence-corrected chi connectivity index (χ4v) is 2.69. The summed E-state index contributed by atoms with van der Waals surface area (Å²) in [5, 5.41) is 3.47. The highest BCUT2D eigenvalue weighted by Crippen LogP contribution is 2.30. The van der Waals surface area contributed by atoms with Gasteiger partial charge in [-0.05, 0) is 36.8 Å². The van der Waals surface area contributed by atoms with E-state index in [1.165, 1.54) is 13.1 Å². The van der Waals surface area contributed by atoms with Crippen LogP contribution in [0.3, 0.4) is 0 Å². The Morgan fingerprint density at radius 1 is 1.09 bits per heavy atom. The van der Waals surface area contributed by atoms with E-state index in [4.69, 9.17) is 0 Å². The Kier molecular flexibility index (Phi) is 2.94. The minimum absolute atomic E-state index is 0.849. The second-order valence-electron chi connectivity index (χ2n) is 4.43. The maximum absolute atomic E-state index is 3.47. The Hall–Kier alpha value is -0.0400. The molecule has 1 saturated heterocycles. The van der Waals surface area contributed by atoms with Crippen molar-refractivity contribution < 1.29 is 0 Å². The molecule has 1 nitrogen and oxygen atoms in total. The predicted octanol–water partition coefficient (Wildman–Crippen LogP) is 2.13. The average Bonchev–Trinajstić information content (AvgIpc) is 1.85. The molecule has 1 rings (SSSR count). The Morgan fingerprint density at radius 3 is 1.82 bits per heavy atom. The van der Waals surface area contributed by atoms with Gasteiger partial charge in [-0.25, -0.2) is 0 Å². The zero-order valence-electron chi connectivity index (χ0n) is 8.22. The van der Waals surface area contributed by atoms with Gasteiger partial charge in [-0.2, -0.15) is 0 Å². The van der Waals surface area contributed by atoms with Crippen molar-refractivity contribution in [3.8, 4) is 0 Å². The Bertz CT molecular complexity index is 110. The smallest absolute Gasteiger partial charge is 0.00202 e. The molecule has 1 heteroatoms. The van der Waals surface area contributed by atoms with Crippen LogP contribution < -0.4 is 5.32 Å². The number of rotatable bonds is 1. The van der Waals surface area contributed by atoms with Crippen LogP contribution in [0.2, 0.25) is 0 Å². The van der Waals surface area contributed by atoms with E-state index < -0.39 is 0 Å². The first kappa shape index (κ1) is 9.05. The van der Waals surface area contributed by atoms with Crippen molar-refractivity contribution in [1.82, 2.24) is 5.32 Å². The third-order valence-corrected chi connectivity index (χ3v) is 3.02. The van der Waals surface area contributed by atoms with Gasteiger partial charge in [0.05, 0.1) is 0 Å². The Balaban J connectivity index is 2.55. The van der Waals surface area contributed by atoms with Crippen LogP contribution in [0.25, 0.3) is 0 Å². The molecule has 0 aliphatic carbocycles. The van der Waals surface area contributed by atoms with E-state index in [0.717, 1.165) is 23.7 Å². The van der Waals surface area contributed by atoms with Gasteiger partial charge in [-0.15, -0.1) is 0 Å². The molecule has 0 saturated carbocycles. The van der Waals surface area contributed by atoms with E-state index >= 15 is 0 Å². The van der Waals surface area contributed by atoms with Gasteiger partial charge in [0.2, 0.25) is 0 Å². The molecule has 2 atom stereocenters. The third kappa shape index (κ3) is 1.96. The summed E-state index contributed by atoms with van der Waals surface area (Å²) in [5.41, 5.74) is 0. The quantitative estimate of drug-likeness (QED) is 0.611. The molecular formula is C10H21N. The molecule has 1 fully saturated rings. The van der Waals surface area contributed by atoms with Crippen LogP contribution in [-0.4, -0.2) is 13.1 Å². The summed E-state index contributed by atoms with van der Waals surface area (Å²) in [6.45, 7) is 11.9. The minimum atomic E-state index is 0.849. The van der Waals surface area contributed by atoms with Crippen molar-refractivity contribution in [2.75, 3.05) is 13.1 Å². The molecule has 1 N–H and O–H groups in total. The van der Waals surface area contributed by atoms with Crippen molar-refractivity contribution in [2.45, 2.75) is 27.7 Å². The molecule has 0 radical (unpaired) electrons. The average molecular weight is 155 g/mol. The van der Waals surface area contributed by atoms with Gasteiger partial charge in [0.25, 0.3) is 0 Å². The second-order valence-corrected chi connectivity index (χ2v) is 4.43. The van der Waals surface area contributed by atoms with Gasteiger partial charge in [-0.1, -0.05) is 27.7 Å². The molecule has 0 aromatic heterocycles. The molecule has 0 aromatic carbocycles.